The van der Waals surface area contributed by atoms with E-state index >= 15 is 0 Å². The summed E-state index contributed by atoms with van der Waals surface area (Å²) in [6.07, 6.45) is 0. The van der Waals surface area contributed by atoms with Crippen molar-refractivity contribution in [2.45, 2.75) is 13.8 Å². The highest BCUT2D eigenvalue weighted by Gasteiger charge is 2.15. The molecule has 2 N–H and O–H groups in total. The molecular formula is C16H16BrFN2O. The number of aryl methyl sites for hydroxylation is 1. The van der Waals surface area contributed by atoms with Crippen LogP contribution in [0.3, 0.4) is 0 Å². The van der Waals surface area contributed by atoms with Gasteiger partial charge in [0.15, 0.2) is 0 Å². The molecule has 0 heterocycles. The van der Waals surface area contributed by atoms with Gasteiger partial charge >= 0.3 is 0 Å². The fourth-order valence-corrected chi connectivity index (χ4v) is 2.24. The number of para-hydroxylation sites is 1. The third-order valence-electron chi connectivity index (χ3n) is 3.03. The van der Waals surface area contributed by atoms with Crippen molar-refractivity contribution in [1.29, 1.82) is 0 Å². The van der Waals surface area contributed by atoms with Gasteiger partial charge in [-0.25, -0.2) is 4.39 Å². The molecular weight excluding hydrogens is 335 g/mol. The summed E-state index contributed by atoms with van der Waals surface area (Å²) in [7, 11) is 0. The van der Waals surface area contributed by atoms with Crippen LogP contribution in [0, 0.1) is 12.7 Å². The van der Waals surface area contributed by atoms with Crippen LogP contribution in [0.25, 0.3) is 0 Å². The molecule has 5 heteroatoms. The average Bonchev–Trinajstić information content (AvgIpc) is 2.45. The molecule has 0 saturated heterocycles. The lowest BCUT2D eigenvalue weighted by Crippen LogP contribution is -2.15. The Morgan fingerprint density at radius 3 is 2.71 bits per heavy atom. The molecule has 21 heavy (non-hydrogen) atoms. The molecule has 2 aromatic carbocycles. The van der Waals surface area contributed by atoms with E-state index in [-0.39, 0.29) is 17.2 Å². The Morgan fingerprint density at radius 1 is 1.29 bits per heavy atom. The third-order valence-corrected chi connectivity index (χ3v) is 3.92. The maximum absolute atomic E-state index is 13.8. The van der Waals surface area contributed by atoms with Gasteiger partial charge in [-0.1, -0.05) is 22.0 Å². The molecule has 0 aliphatic rings. The van der Waals surface area contributed by atoms with Crippen molar-refractivity contribution >= 4 is 33.2 Å². The molecule has 0 fully saturated rings. The van der Waals surface area contributed by atoms with Crippen molar-refractivity contribution < 1.29 is 9.18 Å². The first-order valence-electron chi connectivity index (χ1n) is 6.62. The number of carbonyl (C=O) groups excluding carboxylic acids is 1. The normalized spacial score (nSPS) is 10.3. The van der Waals surface area contributed by atoms with Crippen LogP contribution in [0.1, 0.15) is 22.8 Å². The number of halogens is 2. The Hall–Kier alpha value is -1.88. The second kappa shape index (κ2) is 6.72. The fraction of sp³-hybridized carbons (Fsp3) is 0.188. The Morgan fingerprint density at radius 2 is 2.05 bits per heavy atom. The summed E-state index contributed by atoms with van der Waals surface area (Å²) in [5.41, 5.74) is 2.20. The molecule has 0 spiro atoms. The molecule has 0 bridgehead atoms. The molecule has 0 radical (unpaired) electrons. The SMILES string of the molecule is CCNc1c(F)cccc1C(=O)Nc1ccc(Br)c(C)c1. The number of benzene rings is 2. The van der Waals surface area contributed by atoms with E-state index < -0.39 is 5.82 Å². The Kier molecular flexibility index (Phi) is 4.96. The maximum Gasteiger partial charge on any atom is 0.257 e. The van der Waals surface area contributed by atoms with Crippen LogP contribution in [-0.4, -0.2) is 12.5 Å². The van der Waals surface area contributed by atoms with Gasteiger partial charge in [0.1, 0.15) is 5.82 Å². The van der Waals surface area contributed by atoms with Crippen LogP contribution < -0.4 is 10.6 Å². The number of carbonyl (C=O) groups is 1. The Balaban J connectivity index is 2.28. The van der Waals surface area contributed by atoms with Crippen molar-refractivity contribution in [3.8, 4) is 0 Å². The van der Waals surface area contributed by atoms with Crippen LogP contribution in [0.4, 0.5) is 15.8 Å². The van der Waals surface area contributed by atoms with Gasteiger partial charge in [-0.15, -0.1) is 0 Å². The van der Waals surface area contributed by atoms with E-state index in [0.717, 1.165) is 10.0 Å². The average molecular weight is 351 g/mol. The van der Waals surface area contributed by atoms with Gasteiger partial charge in [0.25, 0.3) is 5.91 Å². The van der Waals surface area contributed by atoms with E-state index in [9.17, 15) is 9.18 Å². The quantitative estimate of drug-likeness (QED) is 0.847. The second-order valence-corrected chi connectivity index (χ2v) is 5.47. The first-order chi connectivity index (χ1) is 10.0. The minimum absolute atomic E-state index is 0.228. The number of amides is 1. The molecule has 2 aromatic rings. The van der Waals surface area contributed by atoms with Gasteiger partial charge in [-0.05, 0) is 49.7 Å². The minimum Gasteiger partial charge on any atom is -0.382 e. The van der Waals surface area contributed by atoms with Crippen LogP contribution in [0.2, 0.25) is 0 Å². The van der Waals surface area contributed by atoms with Crippen LogP contribution in [0.5, 0.6) is 0 Å². The predicted octanol–water partition coefficient (Wildman–Crippen LogP) is 4.58. The summed E-state index contributed by atoms with van der Waals surface area (Å²) in [4.78, 5) is 12.3. The van der Waals surface area contributed by atoms with E-state index in [1.54, 1.807) is 12.1 Å². The fourth-order valence-electron chi connectivity index (χ4n) is 1.99. The lowest BCUT2D eigenvalue weighted by molar-refractivity contribution is 0.102. The van der Waals surface area contributed by atoms with Gasteiger partial charge in [0.05, 0.1) is 11.3 Å². The monoisotopic (exact) mass is 350 g/mol. The molecule has 0 aliphatic heterocycles. The van der Waals surface area contributed by atoms with Crippen molar-refractivity contribution in [2.24, 2.45) is 0 Å². The number of hydrogen-bond donors (Lipinski definition) is 2. The molecule has 1 amide bonds. The molecule has 2 rings (SSSR count). The van der Waals surface area contributed by atoms with E-state index in [0.29, 0.717) is 12.2 Å². The topological polar surface area (TPSA) is 41.1 Å². The third kappa shape index (κ3) is 3.61. The minimum atomic E-state index is -0.434. The van der Waals surface area contributed by atoms with E-state index in [1.807, 2.05) is 26.0 Å². The first kappa shape index (κ1) is 15.5. The maximum atomic E-state index is 13.8. The smallest absolute Gasteiger partial charge is 0.257 e. The zero-order valence-electron chi connectivity index (χ0n) is 11.8. The largest absolute Gasteiger partial charge is 0.382 e. The lowest BCUT2D eigenvalue weighted by Gasteiger charge is -2.12. The van der Waals surface area contributed by atoms with Gasteiger partial charge < -0.3 is 10.6 Å². The zero-order chi connectivity index (χ0) is 15.4. The standard InChI is InChI=1S/C16H16BrFN2O/c1-3-19-15-12(5-4-6-14(15)18)16(21)20-11-7-8-13(17)10(2)9-11/h4-9,19H,3H2,1-2H3,(H,20,21). The summed E-state index contributed by atoms with van der Waals surface area (Å²) in [5, 5.41) is 5.67. The molecule has 0 aliphatic carbocycles. The summed E-state index contributed by atoms with van der Waals surface area (Å²) in [6.45, 7) is 4.33. The predicted molar refractivity (Wildman–Crippen MR) is 87.4 cm³/mol. The summed E-state index contributed by atoms with van der Waals surface area (Å²) < 4.78 is 14.8. The summed E-state index contributed by atoms with van der Waals surface area (Å²) in [5.74, 6) is -0.774. The van der Waals surface area contributed by atoms with Gasteiger partial charge in [0.2, 0.25) is 0 Å². The van der Waals surface area contributed by atoms with Crippen LogP contribution in [0.15, 0.2) is 40.9 Å². The molecule has 110 valence electrons. The number of hydrogen-bond acceptors (Lipinski definition) is 2. The number of anilines is 2. The lowest BCUT2D eigenvalue weighted by atomic mass is 10.1. The van der Waals surface area contributed by atoms with E-state index in [1.165, 1.54) is 12.1 Å². The van der Waals surface area contributed by atoms with Gasteiger partial charge in [-0.3, -0.25) is 4.79 Å². The number of rotatable bonds is 4. The van der Waals surface area contributed by atoms with E-state index in [4.69, 9.17) is 0 Å². The summed E-state index contributed by atoms with van der Waals surface area (Å²) >= 11 is 3.41. The highest BCUT2D eigenvalue weighted by atomic mass is 79.9. The second-order valence-electron chi connectivity index (χ2n) is 4.61. The van der Waals surface area contributed by atoms with Gasteiger partial charge in [0, 0.05) is 16.7 Å². The number of nitrogens with one attached hydrogen (secondary N) is 2. The summed E-state index contributed by atoms with van der Waals surface area (Å²) in [6, 6.07) is 9.97. The van der Waals surface area contributed by atoms with Crippen molar-refractivity contribution in [3.05, 3.63) is 57.8 Å². The highest BCUT2D eigenvalue weighted by molar-refractivity contribution is 9.10. The molecule has 0 saturated carbocycles. The molecule has 0 unspecified atom stereocenters. The van der Waals surface area contributed by atoms with Crippen LogP contribution in [-0.2, 0) is 0 Å². The first-order valence-corrected chi connectivity index (χ1v) is 7.42. The van der Waals surface area contributed by atoms with Crippen molar-refractivity contribution in [2.75, 3.05) is 17.2 Å². The van der Waals surface area contributed by atoms with Crippen molar-refractivity contribution in [3.63, 3.8) is 0 Å². The molecule has 0 atom stereocenters. The Bertz CT molecular complexity index is 673. The molecule has 3 nitrogen and oxygen atoms in total. The molecule has 0 aromatic heterocycles. The highest BCUT2D eigenvalue weighted by Crippen LogP contribution is 2.23. The van der Waals surface area contributed by atoms with Gasteiger partial charge in [-0.2, -0.15) is 0 Å². The van der Waals surface area contributed by atoms with Crippen LogP contribution >= 0.6 is 15.9 Å². The zero-order valence-corrected chi connectivity index (χ0v) is 13.4. The van der Waals surface area contributed by atoms with E-state index in [2.05, 4.69) is 26.6 Å². The van der Waals surface area contributed by atoms with Crippen molar-refractivity contribution in [1.82, 2.24) is 0 Å². The Labute approximate surface area is 131 Å².